The highest BCUT2D eigenvalue weighted by molar-refractivity contribution is 5.49. The minimum Gasteiger partial charge on any atom is -0.490 e. The fourth-order valence-corrected chi connectivity index (χ4v) is 1.94. The number of hydrogen-bond acceptors (Lipinski definition) is 3. The molecule has 1 aromatic rings. The molecule has 1 aliphatic rings. The van der Waals surface area contributed by atoms with Gasteiger partial charge >= 0.3 is 0 Å². The Morgan fingerprint density at radius 2 is 2.31 bits per heavy atom. The summed E-state index contributed by atoms with van der Waals surface area (Å²) in [5.41, 5.74) is 0.507. The van der Waals surface area contributed by atoms with Gasteiger partial charge in [-0.3, -0.25) is 0 Å². The van der Waals surface area contributed by atoms with Gasteiger partial charge < -0.3 is 10.1 Å². The third-order valence-corrected chi connectivity index (χ3v) is 3.30. The first-order valence-electron chi connectivity index (χ1n) is 5.95. The predicted octanol–water partition coefficient (Wildman–Crippen LogP) is 2.94. The molecule has 1 fully saturated rings. The van der Waals surface area contributed by atoms with Crippen LogP contribution in [-0.2, 0) is 0 Å². The second kappa shape index (κ2) is 4.32. The summed E-state index contributed by atoms with van der Waals surface area (Å²) in [6, 6.07) is 3.86. The maximum atomic E-state index is 5.52. The van der Waals surface area contributed by atoms with Gasteiger partial charge in [0.2, 0.25) is 0 Å². The molecule has 0 radical (unpaired) electrons. The quantitative estimate of drug-likeness (QED) is 0.828. The molecule has 3 heteroatoms. The van der Waals surface area contributed by atoms with E-state index in [9.17, 15) is 0 Å². The van der Waals surface area contributed by atoms with Crippen molar-refractivity contribution in [2.24, 2.45) is 11.3 Å². The van der Waals surface area contributed by atoms with Crippen LogP contribution in [0.5, 0.6) is 5.75 Å². The molecule has 1 atom stereocenters. The summed E-state index contributed by atoms with van der Waals surface area (Å²) in [5, 5.41) is 3.38. The summed E-state index contributed by atoms with van der Waals surface area (Å²) >= 11 is 0. The lowest BCUT2D eigenvalue weighted by molar-refractivity contribution is 0.340. The van der Waals surface area contributed by atoms with E-state index in [4.69, 9.17) is 4.74 Å². The molecule has 1 aromatic heterocycles. The lowest BCUT2D eigenvalue weighted by atomic mass is 10.1. The van der Waals surface area contributed by atoms with Gasteiger partial charge in [0.05, 0.1) is 6.61 Å². The maximum Gasteiger partial charge on any atom is 0.168 e. The van der Waals surface area contributed by atoms with Gasteiger partial charge in [-0.2, -0.15) is 0 Å². The highest BCUT2D eigenvalue weighted by Crippen LogP contribution is 2.51. The molecule has 1 N–H and O–H groups in total. The van der Waals surface area contributed by atoms with Crippen molar-refractivity contribution < 1.29 is 4.74 Å². The average molecular weight is 220 g/mol. The van der Waals surface area contributed by atoms with E-state index < -0.39 is 0 Å². The zero-order valence-electron chi connectivity index (χ0n) is 10.3. The fraction of sp³-hybridized carbons (Fsp3) is 0.615. The van der Waals surface area contributed by atoms with Crippen molar-refractivity contribution in [2.75, 3.05) is 18.5 Å². The number of anilines is 1. The van der Waals surface area contributed by atoms with Gasteiger partial charge in [-0.25, -0.2) is 4.98 Å². The standard InChI is InChI=1S/C13H20N2O/c1-4-16-11-6-5-7-14-12(11)15-9-10-8-13(10,2)3/h5-7,10H,4,8-9H2,1-3H3,(H,14,15). The molecule has 16 heavy (non-hydrogen) atoms. The van der Waals surface area contributed by atoms with Crippen LogP contribution in [0.25, 0.3) is 0 Å². The Labute approximate surface area is 97.2 Å². The lowest BCUT2D eigenvalue weighted by Crippen LogP contribution is -2.09. The molecule has 0 saturated heterocycles. The number of ether oxygens (including phenoxy) is 1. The van der Waals surface area contributed by atoms with Crippen LogP contribution in [0.4, 0.5) is 5.82 Å². The van der Waals surface area contributed by atoms with E-state index >= 15 is 0 Å². The van der Waals surface area contributed by atoms with Crippen molar-refractivity contribution in [3.8, 4) is 5.75 Å². The topological polar surface area (TPSA) is 34.1 Å². The minimum absolute atomic E-state index is 0.507. The van der Waals surface area contributed by atoms with Crippen LogP contribution in [0.2, 0.25) is 0 Å². The Bertz CT molecular complexity index is 363. The predicted molar refractivity (Wildman–Crippen MR) is 65.8 cm³/mol. The third-order valence-electron chi connectivity index (χ3n) is 3.30. The Balaban J connectivity index is 1.93. The molecular weight excluding hydrogens is 200 g/mol. The molecular formula is C13H20N2O. The van der Waals surface area contributed by atoms with Crippen LogP contribution in [0, 0.1) is 11.3 Å². The van der Waals surface area contributed by atoms with Gasteiger partial charge in [0.15, 0.2) is 11.6 Å². The maximum absolute atomic E-state index is 5.52. The molecule has 0 spiro atoms. The van der Waals surface area contributed by atoms with E-state index in [0.29, 0.717) is 12.0 Å². The summed E-state index contributed by atoms with van der Waals surface area (Å²) in [7, 11) is 0. The molecule has 1 unspecified atom stereocenters. The van der Waals surface area contributed by atoms with Gasteiger partial charge in [0.25, 0.3) is 0 Å². The van der Waals surface area contributed by atoms with Crippen molar-refractivity contribution in [1.29, 1.82) is 0 Å². The summed E-state index contributed by atoms with van der Waals surface area (Å²) < 4.78 is 5.52. The largest absolute Gasteiger partial charge is 0.490 e. The van der Waals surface area contributed by atoms with E-state index in [1.807, 2.05) is 19.1 Å². The molecule has 0 aliphatic heterocycles. The monoisotopic (exact) mass is 220 g/mol. The summed E-state index contributed by atoms with van der Waals surface area (Å²) in [6.45, 7) is 8.27. The fourth-order valence-electron chi connectivity index (χ4n) is 1.94. The average Bonchev–Trinajstić information content (AvgIpc) is 2.86. The second-order valence-corrected chi connectivity index (χ2v) is 5.05. The van der Waals surface area contributed by atoms with Crippen LogP contribution in [0.3, 0.4) is 0 Å². The van der Waals surface area contributed by atoms with Crippen molar-refractivity contribution in [3.05, 3.63) is 18.3 Å². The van der Waals surface area contributed by atoms with Crippen LogP contribution in [0.15, 0.2) is 18.3 Å². The summed E-state index contributed by atoms with van der Waals surface area (Å²) in [6.07, 6.45) is 3.10. The first-order chi connectivity index (χ1) is 7.63. The molecule has 0 amide bonds. The molecule has 1 aliphatic carbocycles. The van der Waals surface area contributed by atoms with Gasteiger partial charge in [-0.05, 0) is 36.8 Å². The number of pyridine rings is 1. The highest BCUT2D eigenvalue weighted by atomic mass is 16.5. The SMILES string of the molecule is CCOc1cccnc1NCC1CC1(C)C. The van der Waals surface area contributed by atoms with Crippen LogP contribution >= 0.6 is 0 Å². The third kappa shape index (κ3) is 2.46. The molecule has 2 rings (SSSR count). The number of hydrogen-bond donors (Lipinski definition) is 1. The van der Waals surface area contributed by atoms with E-state index in [1.54, 1.807) is 6.20 Å². The van der Waals surface area contributed by atoms with Crippen LogP contribution in [0.1, 0.15) is 27.2 Å². The first-order valence-corrected chi connectivity index (χ1v) is 5.95. The summed E-state index contributed by atoms with van der Waals surface area (Å²) in [4.78, 5) is 4.31. The van der Waals surface area contributed by atoms with Crippen molar-refractivity contribution in [1.82, 2.24) is 4.98 Å². The van der Waals surface area contributed by atoms with Gasteiger partial charge in [0, 0.05) is 12.7 Å². The van der Waals surface area contributed by atoms with Gasteiger partial charge in [0.1, 0.15) is 0 Å². The zero-order valence-corrected chi connectivity index (χ0v) is 10.3. The van der Waals surface area contributed by atoms with E-state index in [2.05, 4.69) is 24.1 Å². The number of nitrogens with one attached hydrogen (secondary N) is 1. The number of nitrogens with zero attached hydrogens (tertiary/aromatic N) is 1. The number of aromatic nitrogens is 1. The van der Waals surface area contributed by atoms with Crippen LogP contribution < -0.4 is 10.1 Å². The van der Waals surface area contributed by atoms with Crippen molar-refractivity contribution in [3.63, 3.8) is 0 Å². The highest BCUT2D eigenvalue weighted by Gasteiger charge is 2.45. The Morgan fingerprint density at radius 1 is 1.56 bits per heavy atom. The minimum atomic E-state index is 0.507. The lowest BCUT2D eigenvalue weighted by Gasteiger charge is -2.11. The Kier molecular flexibility index (Phi) is 3.03. The Hall–Kier alpha value is -1.25. The number of rotatable bonds is 5. The van der Waals surface area contributed by atoms with E-state index in [-0.39, 0.29) is 0 Å². The van der Waals surface area contributed by atoms with Crippen molar-refractivity contribution >= 4 is 5.82 Å². The zero-order chi connectivity index (χ0) is 11.6. The smallest absolute Gasteiger partial charge is 0.168 e. The summed E-state index contributed by atoms with van der Waals surface area (Å²) in [5.74, 6) is 2.49. The van der Waals surface area contributed by atoms with Gasteiger partial charge in [-0.1, -0.05) is 13.8 Å². The molecule has 0 bridgehead atoms. The molecule has 1 saturated carbocycles. The molecule has 1 heterocycles. The molecule has 88 valence electrons. The van der Waals surface area contributed by atoms with Gasteiger partial charge in [-0.15, -0.1) is 0 Å². The Morgan fingerprint density at radius 3 is 2.94 bits per heavy atom. The normalized spacial score (nSPS) is 21.6. The molecule has 0 aromatic carbocycles. The molecule has 3 nitrogen and oxygen atoms in total. The second-order valence-electron chi connectivity index (χ2n) is 5.05. The van der Waals surface area contributed by atoms with Crippen molar-refractivity contribution in [2.45, 2.75) is 27.2 Å². The van der Waals surface area contributed by atoms with E-state index in [0.717, 1.165) is 24.0 Å². The van der Waals surface area contributed by atoms with E-state index in [1.165, 1.54) is 6.42 Å². The first kappa shape index (κ1) is 11.2. The van der Waals surface area contributed by atoms with Crippen LogP contribution in [-0.4, -0.2) is 18.1 Å².